The van der Waals surface area contributed by atoms with E-state index >= 15 is 0 Å². The molecule has 1 N–H and O–H groups in total. The van der Waals surface area contributed by atoms with Crippen LogP contribution < -0.4 is 5.32 Å². The van der Waals surface area contributed by atoms with Gasteiger partial charge < -0.3 is 19.5 Å². The first-order valence-electron chi connectivity index (χ1n) is 10.0. The average molecular weight is 387 g/mol. The molecule has 5 rings (SSSR count). The summed E-state index contributed by atoms with van der Waals surface area (Å²) >= 11 is 0. The van der Waals surface area contributed by atoms with E-state index in [4.69, 9.17) is 4.74 Å². The Hall–Kier alpha value is -2.96. The van der Waals surface area contributed by atoms with E-state index in [1.54, 1.807) is 12.4 Å². The lowest BCUT2D eigenvalue weighted by atomic mass is 10.0. The molecule has 4 aromatic rings. The van der Waals surface area contributed by atoms with Gasteiger partial charge in [0.25, 0.3) is 0 Å². The van der Waals surface area contributed by atoms with Gasteiger partial charge in [0.2, 0.25) is 0 Å². The molecular formula is C23H25N5O. The number of nitrogens with zero attached hydrogens (tertiary/aromatic N) is 4. The molecule has 0 bridgehead atoms. The molecule has 0 spiro atoms. The minimum Gasteiger partial charge on any atom is -0.382 e. The van der Waals surface area contributed by atoms with E-state index in [-0.39, 0.29) is 6.10 Å². The van der Waals surface area contributed by atoms with Crippen LogP contribution in [0, 0.1) is 0 Å². The molecule has 1 aliphatic rings. The van der Waals surface area contributed by atoms with Crippen molar-refractivity contribution in [3.8, 4) is 11.1 Å². The van der Waals surface area contributed by atoms with Gasteiger partial charge in [0.1, 0.15) is 0 Å². The molecule has 1 aliphatic heterocycles. The fourth-order valence-electron chi connectivity index (χ4n) is 4.05. The quantitative estimate of drug-likeness (QED) is 0.581. The predicted octanol–water partition coefficient (Wildman–Crippen LogP) is 3.53. The van der Waals surface area contributed by atoms with Crippen LogP contribution in [0.15, 0.2) is 55.0 Å². The number of anilines is 1. The molecular weight excluding hydrogens is 362 g/mol. The summed E-state index contributed by atoms with van der Waals surface area (Å²) in [6.45, 7) is 3.49. The van der Waals surface area contributed by atoms with Crippen molar-refractivity contribution in [1.82, 2.24) is 19.4 Å². The number of nitrogens with one attached hydrogen (secondary N) is 1. The zero-order valence-corrected chi connectivity index (χ0v) is 16.8. The Morgan fingerprint density at radius 3 is 2.90 bits per heavy atom. The lowest BCUT2D eigenvalue weighted by molar-refractivity contribution is -0.0117. The van der Waals surface area contributed by atoms with Crippen LogP contribution >= 0.6 is 0 Å². The van der Waals surface area contributed by atoms with Crippen molar-refractivity contribution >= 4 is 27.6 Å². The number of hydrogen-bond donors (Lipinski definition) is 1. The summed E-state index contributed by atoms with van der Waals surface area (Å²) in [5, 5.41) is 4.79. The van der Waals surface area contributed by atoms with E-state index in [0.29, 0.717) is 0 Å². The number of hydrogen-bond acceptors (Lipinski definition) is 5. The first-order valence-corrected chi connectivity index (χ1v) is 10.0. The van der Waals surface area contributed by atoms with Gasteiger partial charge in [0, 0.05) is 62.0 Å². The number of ether oxygens (including phenoxy) is 1. The van der Waals surface area contributed by atoms with Crippen molar-refractivity contribution in [3.05, 3.63) is 55.0 Å². The normalized spacial score (nSPS) is 17.8. The lowest BCUT2D eigenvalue weighted by Crippen LogP contribution is -2.43. The smallest absolute Gasteiger partial charge is 0.0966 e. The number of benzene rings is 2. The van der Waals surface area contributed by atoms with Crippen molar-refractivity contribution in [2.75, 3.05) is 38.6 Å². The van der Waals surface area contributed by atoms with Crippen LogP contribution in [0.3, 0.4) is 0 Å². The SMILES string of the molecule is CN1CCOC(CNc2cc(-c3ccc4ccn(C)c4c3)c3nccnc3c2)C1. The van der Waals surface area contributed by atoms with Gasteiger partial charge in [-0.25, -0.2) is 0 Å². The zero-order valence-electron chi connectivity index (χ0n) is 16.8. The first-order chi connectivity index (χ1) is 14.2. The van der Waals surface area contributed by atoms with Crippen molar-refractivity contribution < 1.29 is 4.74 Å². The van der Waals surface area contributed by atoms with Crippen LogP contribution in [0.1, 0.15) is 0 Å². The van der Waals surface area contributed by atoms with E-state index in [2.05, 4.69) is 81.4 Å². The number of morpholine rings is 1. The highest BCUT2D eigenvalue weighted by Gasteiger charge is 2.18. The molecule has 1 fully saturated rings. The van der Waals surface area contributed by atoms with Gasteiger partial charge in [-0.3, -0.25) is 9.97 Å². The number of aryl methyl sites for hydroxylation is 1. The number of rotatable bonds is 4. The summed E-state index contributed by atoms with van der Waals surface area (Å²) in [5.74, 6) is 0. The van der Waals surface area contributed by atoms with Crippen LogP contribution in [-0.2, 0) is 11.8 Å². The molecule has 1 atom stereocenters. The first kappa shape index (κ1) is 18.1. The summed E-state index contributed by atoms with van der Waals surface area (Å²) in [6, 6.07) is 12.9. The topological polar surface area (TPSA) is 55.2 Å². The Balaban J connectivity index is 1.52. The molecule has 0 radical (unpaired) electrons. The van der Waals surface area contributed by atoms with Gasteiger partial charge in [-0.2, -0.15) is 0 Å². The molecule has 6 nitrogen and oxygen atoms in total. The molecule has 148 valence electrons. The highest BCUT2D eigenvalue weighted by molar-refractivity contribution is 5.97. The number of aromatic nitrogens is 3. The Morgan fingerprint density at radius 1 is 1.10 bits per heavy atom. The van der Waals surface area contributed by atoms with Crippen LogP contribution in [-0.4, -0.2) is 58.8 Å². The summed E-state index contributed by atoms with van der Waals surface area (Å²) in [6.07, 6.45) is 5.78. The fourth-order valence-corrected chi connectivity index (χ4v) is 4.05. The van der Waals surface area contributed by atoms with Gasteiger partial charge in [0.05, 0.1) is 23.7 Å². The summed E-state index contributed by atoms with van der Waals surface area (Å²) in [5.41, 5.74) is 6.28. The highest BCUT2D eigenvalue weighted by atomic mass is 16.5. The molecule has 2 aromatic heterocycles. The van der Waals surface area contributed by atoms with Crippen LogP contribution in [0.4, 0.5) is 5.69 Å². The third-order valence-electron chi connectivity index (χ3n) is 5.65. The van der Waals surface area contributed by atoms with E-state index in [9.17, 15) is 0 Å². The van der Waals surface area contributed by atoms with Crippen molar-refractivity contribution in [2.24, 2.45) is 7.05 Å². The molecule has 0 aliphatic carbocycles. The van der Waals surface area contributed by atoms with Gasteiger partial charge in [-0.15, -0.1) is 0 Å². The third-order valence-corrected chi connectivity index (χ3v) is 5.65. The molecule has 1 unspecified atom stereocenters. The molecule has 3 heterocycles. The predicted molar refractivity (Wildman–Crippen MR) is 117 cm³/mol. The standard InChI is InChI=1S/C23H25N5O/c1-27-9-10-29-19(15-27)14-26-18-12-20(23-21(13-18)24-6-7-25-23)17-4-3-16-5-8-28(2)22(16)11-17/h3-8,11-13,19,26H,9-10,14-15H2,1-2H3. The van der Waals surface area contributed by atoms with E-state index in [1.807, 2.05) is 0 Å². The van der Waals surface area contributed by atoms with Crippen molar-refractivity contribution in [3.63, 3.8) is 0 Å². The van der Waals surface area contributed by atoms with E-state index in [0.717, 1.165) is 54.1 Å². The average Bonchev–Trinajstić information content (AvgIpc) is 3.12. The van der Waals surface area contributed by atoms with E-state index < -0.39 is 0 Å². The molecule has 29 heavy (non-hydrogen) atoms. The number of likely N-dealkylation sites (N-methyl/N-ethyl adjacent to an activating group) is 1. The minimum absolute atomic E-state index is 0.189. The van der Waals surface area contributed by atoms with E-state index in [1.165, 1.54) is 10.9 Å². The molecule has 1 saturated heterocycles. The lowest BCUT2D eigenvalue weighted by Gasteiger charge is -2.30. The Labute approximate surface area is 170 Å². The monoisotopic (exact) mass is 387 g/mol. The summed E-state index contributed by atoms with van der Waals surface area (Å²) in [7, 11) is 4.21. The minimum atomic E-state index is 0.189. The van der Waals surface area contributed by atoms with Gasteiger partial charge in [-0.05, 0) is 42.3 Å². The van der Waals surface area contributed by atoms with Gasteiger partial charge in [-0.1, -0.05) is 12.1 Å². The second-order valence-corrected chi connectivity index (χ2v) is 7.78. The van der Waals surface area contributed by atoms with Crippen molar-refractivity contribution in [2.45, 2.75) is 6.10 Å². The molecule has 6 heteroatoms. The Morgan fingerprint density at radius 2 is 2.00 bits per heavy atom. The van der Waals surface area contributed by atoms with Crippen LogP contribution in [0.5, 0.6) is 0 Å². The van der Waals surface area contributed by atoms with Crippen molar-refractivity contribution in [1.29, 1.82) is 0 Å². The van der Waals surface area contributed by atoms with Crippen LogP contribution in [0.2, 0.25) is 0 Å². The Kier molecular flexibility index (Phi) is 4.66. The maximum absolute atomic E-state index is 5.89. The second-order valence-electron chi connectivity index (χ2n) is 7.78. The van der Waals surface area contributed by atoms with Crippen LogP contribution in [0.25, 0.3) is 33.1 Å². The largest absolute Gasteiger partial charge is 0.382 e. The molecule has 2 aromatic carbocycles. The molecule has 0 amide bonds. The summed E-state index contributed by atoms with van der Waals surface area (Å²) in [4.78, 5) is 11.5. The Bertz CT molecular complexity index is 1170. The zero-order chi connectivity index (χ0) is 19.8. The second kappa shape index (κ2) is 7.46. The number of fused-ring (bicyclic) bond motifs is 2. The maximum atomic E-state index is 5.89. The fraction of sp³-hybridized carbons (Fsp3) is 0.304. The van der Waals surface area contributed by atoms with Gasteiger partial charge in [0.15, 0.2) is 0 Å². The maximum Gasteiger partial charge on any atom is 0.0966 e. The highest BCUT2D eigenvalue weighted by Crippen LogP contribution is 2.32. The summed E-state index contributed by atoms with van der Waals surface area (Å²) < 4.78 is 8.03. The van der Waals surface area contributed by atoms with Gasteiger partial charge >= 0.3 is 0 Å². The third kappa shape index (κ3) is 3.57. The molecule has 0 saturated carbocycles.